The number of benzene rings is 1. The molecule has 9 nitrogen and oxygen atoms in total. The van der Waals surface area contributed by atoms with Gasteiger partial charge in [-0.2, -0.15) is 0 Å². The van der Waals surface area contributed by atoms with E-state index in [1.54, 1.807) is 31.4 Å². The Hall–Kier alpha value is -3.11. The van der Waals surface area contributed by atoms with Gasteiger partial charge in [-0.3, -0.25) is 9.59 Å². The molecule has 1 aromatic carbocycles. The van der Waals surface area contributed by atoms with Crippen LogP contribution in [0.15, 0.2) is 28.8 Å². The first-order chi connectivity index (χ1) is 14.0. The van der Waals surface area contributed by atoms with Gasteiger partial charge in [-0.1, -0.05) is 16.5 Å². The Morgan fingerprint density at radius 2 is 1.90 bits per heavy atom. The molecular weight excluding hydrogens is 394 g/mol. The van der Waals surface area contributed by atoms with Crippen molar-refractivity contribution in [3.63, 3.8) is 0 Å². The number of ether oxygens (including phenoxy) is 1. The smallest absolute Gasteiger partial charge is 0.286 e. The van der Waals surface area contributed by atoms with Crippen LogP contribution in [0.2, 0.25) is 0 Å². The third-order valence-electron chi connectivity index (χ3n) is 4.18. The number of hydrogen-bond acceptors (Lipinski definition) is 8. The van der Waals surface area contributed by atoms with Gasteiger partial charge in [0.15, 0.2) is 0 Å². The molecule has 29 heavy (non-hydrogen) atoms. The number of nitrogens with zero attached hydrogens (tertiary/aromatic N) is 3. The fraction of sp³-hybridized carbons (Fsp3) is 0.316. The van der Waals surface area contributed by atoms with E-state index in [0.29, 0.717) is 35.8 Å². The Morgan fingerprint density at radius 3 is 2.55 bits per heavy atom. The van der Waals surface area contributed by atoms with Gasteiger partial charge in [-0.05, 0) is 44.5 Å². The fourth-order valence-electron chi connectivity index (χ4n) is 2.68. The normalized spacial score (nSPS) is 10.7. The number of nitrogens with one attached hydrogen (secondary N) is 2. The number of aromatic nitrogens is 3. The summed E-state index contributed by atoms with van der Waals surface area (Å²) in [5, 5.41) is 18.1. The van der Waals surface area contributed by atoms with E-state index >= 15 is 0 Å². The number of carbonyl (C=O) groups excluding carboxylic acids is 2. The van der Waals surface area contributed by atoms with Gasteiger partial charge in [0.25, 0.3) is 11.8 Å². The highest BCUT2D eigenvalue weighted by molar-refractivity contribution is 7.13. The van der Waals surface area contributed by atoms with Crippen molar-refractivity contribution < 1.29 is 18.8 Å². The summed E-state index contributed by atoms with van der Waals surface area (Å²) in [6.07, 6.45) is 0.647. The van der Waals surface area contributed by atoms with Crippen LogP contribution in [0.1, 0.15) is 42.2 Å². The van der Waals surface area contributed by atoms with Gasteiger partial charge in [-0.15, -0.1) is 10.2 Å². The molecule has 2 aromatic heterocycles. The summed E-state index contributed by atoms with van der Waals surface area (Å²) in [6, 6.07) is 6.63. The Morgan fingerprint density at radius 1 is 1.14 bits per heavy atom. The number of rotatable bonds is 8. The zero-order valence-electron chi connectivity index (χ0n) is 16.3. The van der Waals surface area contributed by atoms with E-state index in [-0.39, 0.29) is 16.8 Å². The van der Waals surface area contributed by atoms with E-state index in [4.69, 9.17) is 9.26 Å². The van der Waals surface area contributed by atoms with Gasteiger partial charge in [0, 0.05) is 30.5 Å². The quantitative estimate of drug-likeness (QED) is 0.580. The van der Waals surface area contributed by atoms with Crippen molar-refractivity contribution in [1.82, 2.24) is 20.7 Å². The van der Waals surface area contributed by atoms with E-state index in [9.17, 15) is 9.59 Å². The summed E-state index contributed by atoms with van der Waals surface area (Å²) in [6.45, 7) is 4.51. The molecule has 2 heterocycles. The van der Waals surface area contributed by atoms with Crippen LogP contribution in [0.5, 0.6) is 0 Å². The molecule has 0 bridgehead atoms. The molecule has 0 aliphatic carbocycles. The third kappa shape index (κ3) is 5.24. The van der Waals surface area contributed by atoms with Gasteiger partial charge < -0.3 is 19.9 Å². The maximum atomic E-state index is 12.3. The molecule has 0 saturated carbocycles. The highest BCUT2D eigenvalue weighted by atomic mass is 32.1. The van der Waals surface area contributed by atoms with Crippen LogP contribution in [-0.4, -0.2) is 40.8 Å². The summed E-state index contributed by atoms with van der Waals surface area (Å²) in [5.74, 6) is 0.214. The predicted molar refractivity (Wildman–Crippen MR) is 107 cm³/mol. The van der Waals surface area contributed by atoms with Crippen LogP contribution in [0.4, 0.5) is 5.69 Å². The zero-order chi connectivity index (χ0) is 20.8. The summed E-state index contributed by atoms with van der Waals surface area (Å²) in [7, 11) is 1.55. The summed E-state index contributed by atoms with van der Waals surface area (Å²) >= 11 is 1.17. The largest absolute Gasteiger partial charge is 0.377 e. The Labute approximate surface area is 171 Å². The fourth-order valence-corrected chi connectivity index (χ4v) is 3.39. The van der Waals surface area contributed by atoms with E-state index in [1.807, 2.05) is 13.8 Å². The van der Waals surface area contributed by atoms with E-state index in [0.717, 1.165) is 17.0 Å². The van der Waals surface area contributed by atoms with Gasteiger partial charge in [0.1, 0.15) is 10.8 Å². The molecule has 0 unspecified atom stereocenters. The standard InChI is InChI=1S/C19H21N5O4S/c1-11-15(12(2)28-24-11)8-9-20-17(25)13-4-6-14(7-5-13)21-18(26)19-23-22-16(29-19)10-27-3/h4-7H,8-10H2,1-3H3,(H,20,25)(H,21,26). The highest BCUT2D eigenvalue weighted by Gasteiger charge is 2.14. The van der Waals surface area contributed by atoms with Gasteiger partial charge in [-0.25, -0.2) is 0 Å². The lowest BCUT2D eigenvalue weighted by Crippen LogP contribution is -2.25. The van der Waals surface area contributed by atoms with Crippen molar-refractivity contribution in [1.29, 1.82) is 0 Å². The number of amides is 2. The molecule has 0 radical (unpaired) electrons. The summed E-state index contributed by atoms with van der Waals surface area (Å²) < 4.78 is 10.1. The van der Waals surface area contributed by atoms with Crippen LogP contribution in [0, 0.1) is 13.8 Å². The average molecular weight is 415 g/mol. The van der Waals surface area contributed by atoms with Crippen LogP contribution in [-0.2, 0) is 17.8 Å². The number of aryl methyl sites for hydroxylation is 2. The van der Waals surface area contributed by atoms with Crippen LogP contribution in [0.3, 0.4) is 0 Å². The first kappa shape index (κ1) is 20.6. The molecule has 152 valence electrons. The molecular formula is C19H21N5O4S. The molecule has 0 spiro atoms. The predicted octanol–water partition coefficient (Wildman–Crippen LogP) is 2.51. The second-order valence-corrected chi connectivity index (χ2v) is 7.34. The van der Waals surface area contributed by atoms with Gasteiger partial charge >= 0.3 is 0 Å². The number of anilines is 1. The lowest BCUT2D eigenvalue weighted by molar-refractivity contribution is 0.0953. The second kappa shape index (κ2) is 9.39. The van der Waals surface area contributed by atoms with E-state index in [1.165, 1.54) is 11.3 Å². The van der Waals surface area contributed by atoms with E-state index in [2.05, 4.69) is 26.0 Å². The third-order valence-corrected chi connectivity index (χ3v) is 5.07. The minimum absolute atomic E-state index is 0.192. The number of hydrogen-bond donors (Lipinski definition) is 2. The highest BCUT2D eigenvalue weighted by Crippen LogP contribution is 2.15. The first-order valence-corrected chi connectivity index (χ1v) is 9.72. The van der Waals surface area contributed by atoms with Crippen molar-refractivity contribution in [2.75, 3.05) is 19.0 Å². The molecule has 10 heteroatoms. The Balaban J connectivity index is 1.52. The van der Waals surface area contributed by atoms with Crippen molar-refractivity contribution >= 4 is 28.8 Å². The molecule has 3 aromatic rings. The lowest BCUT2D eigenvalue weighted by Gasteiger charge is -2.07. The molecule has 0 atom stereocenters. The zero-order valence-corrected chi connectivity index (χ0v) is 17.1. The minimum atomic E-state index is -0.360. The molecule has 0 aliphatic heterocycles. The maximum Gasteiger partial charge on any atom is 0.286 e. The van der Waals surface area contributed by atoms with E-state index < -0.39 is 0 Å². The SMILES string of the molecule is COCc1nnc(C(=O)Nc2ccc(C(=O)NCCc3c(C)noc3C)cc2)s1. The summed E-state index contributed by atoms with van der Waals surface area (Å²) in [5.41, 5.74) is 2.90. The Kier molecular flexibility index (Phi) is 6.68. The maximum absolute atomic E-state index is 12.3. The second-order valence-electron chi connectivity index (χ2n) is 6.27. The van der Waals surface area contributed by atoms with Crippen LogP contribution < -0.4 is 10.6 Å². The first-order valence-electron chi connectivity index (χ1n) is 8.90. The topological polar surface area (TPSA) is 119 Å². The molecule has 2 amide bonds. The number of carbonyl (C=O) groups is 2. The molecule has 2 N–H and O–H groups in total. The molecule has 3 rings (SSSR count). The van der Waals surface area contributed by atoms with Crippen LogP contribution in [0.25, 0.3) is 0 Å². The molecule has 0 saturated heterocycles. The van der Waals surface area contributed by atoms with Crippen LogP contribution >= 0.6 is 11.3 Å². The van der Waals surface area contributed by atoms with Crippen molar-refractivity contribution in [2.24, 2.45) is 0 Å². The lowest BCUT2D eigenvalue weighted by atomic mass is 10.1. The van der Waals surface area contributed by atoms with Gasteiger partial charge in [0.05, 0.1) is 12.3 Å². The van der Waals surface area contributed by atoms with Crippen molar-refractivity contribution in [3.8, 4) is 0 Å². The average Bonchev–Trinajstić information content (AvgIpc) is 3.30. The molecule has 0 fully saturated rings. The van der Waals surface area contributed by atoms with Gasteiger partial charge in [0.2, 0.25) is 5.01 Å². The monoisotopic (exact) mass is 415 g/mol. The summed E-state index contributed by atoms with van der Waals surface area (Å²) in [4.78, 5) is 24.5. The minimum Gasteiger partial charge on any atom is -0.377 e. The van der Waals surface area contributed by atoms with Crippen molar-refractivity contribution in [3.05, 3.63) is 56.9 Å². The Bertz CT molecular complexity index is 977. The van der Waals surface area contributed by atoms with Crippen molar-refractivity contribution in [2.45, 2.75) is 26.9 Å². The number of methoxy groups -OCH3 is 1. The molecule has 0 aliphatic rings.